The number of H-pyrrole nitrogens is 2. The van der Waals surface area contributed by atoms with Gasteiger partial charge < -0.3 is 10.6 Å². The van der Waals surface area contributed by atoms with E-state index in [2.05, 4.69) is 31.0 Å². The lowest BCUT2D eigenvalue weighted by atomic mass is 10.1. The molecule has 1 unspecified atom stereocenters. The molecule has 3 aromatic rings. The van der Waals surface area contributed by atoms with E-state index in [1.807, 2.05) is 0 Å². The zero-order valence-electron chi connectivity index (χ0n) is 13.0. The maximum Gasteiger partial charge on any atom is 0.255 e. The highest BCUT2D eigenvalue weighted by molar-refractivity contribution is 6.30. The number of aromatic amines is 2. The Morgan fingerprint density at radius 3 is 2.16 bits per heavy atom. The summed E-state index contributed by atoms with van der Waals surface area (Å²) in [5.74, 6) is -0.587. The van der Waals surface area contributed by atoms with Crippen molar-refractivity contribution in [2.75, 3.05) is 6.54 Å². The number of nitrogens with zero attached hydrogens (tertiary/aromatic N) is 2. The number of halogens is 1. The maximum atomic E-state index is 12.3. The fourth-order valence-electron chi connectivity index (χ4n) is 2.24. The van der Waals surface area contributed by atoms with E-state index in [-0.39, 0.29) is 18.4 Å². The number of carbonyl (C=O) groups excluding carboxylic acids is 2. The molecule has 0 saturated heterocycles. The minimum atomic E-state index is -0.435. The Morgan fingerprint density at radius 1 is 1.00 bits per heavy atom. The van der Waals surface area contributed by atoms with Crippen LogP contribution in [0.1, 0.15) is 32.3 Å². The van der Waals surface area contributed by atoms with Crippen LogP contribution in [0.5, 0.6) is 0 Å². The van der Waals surface area contributed by atoms with E-state index in [9.17, 15) is 9.59 Å². The fraction of sp³-hybridized carbons (Fsp3) is 0.125. The highest BCUT2D eigenvalue weighted by Crippen LogP contribution is 2.17. The molecule has 2 amide bonds. The Morgan fingerprint density at radius 2 is 1.60 bits per heavy atom. The number of aromatic nitrogens is 4. The second-order valence-corrected chi connectivity index (χ2v) is 5.70. The number of carbonyl (C=O) groups is 2. The number of benzene rings is 1. The van der Waals surface area contributed by atoms with Crippen LogP contribution in [0, 0.1) is 0 Å². The van der Waals surface area contributed by atoms with Crippen molar-refractivity contribution in [2.24, 2.45) is 0 Å². The number of hydrogen-bond acceptors (Lipinski definition) is 4. The molecule has 2 aromatic heterocycles. The van der Waals surface area contributed by atoms with Crippen molar-refractivity contribution < 1.29 is 9.59 Å². The first-order valence-corrected chi connectivity index (χ1v) is 7.83. The summed E-state index contributed by atoms with van der Waals surface area (Å²) in [4.78, 5) is 24.4. The lowest BCUT2D eigenvalue weighted by Gasteiger charge is -2.19. The molecule has 3 rings (SSSR count). The zero-order chi connectivity index (χ0) is 17.6. The van der Waals surface area contributed by atoms with Crippen LogP contribution >= 0.6 is 11.6 Å². The van der Waals surface area contributed by atoms with Gasteiger partial charge in [-0.1, -0.05) is 23.7 Å². The number of rotatable bonds is 6. The Bertz CT molecular complexity index is 830. The first-order chi connectivity index (χ1) is 12.1. The first kappa shape index (κ1) is 16.7. The van der Waals surface area contributed by atoms with Crippen molar-refractivity contribution in [1.82, 2.24) is 31.0 Å². The van der Waals surface area contributed by atoms with E-state index in [1.54, 1.807) is 24.3 Å². The van der Waals surface area contributed by atoms with E-state index >= 15 is 0 Å². The molecule has 0 bridgehead atoms. The van der Waals surface area contributed by atoms with Gasteiger partial charge in [-0.2, -0.15) is 10.2 Å². The predicted molar refractivity (Wildman–Crippen MR) is 91.2 cm³/mol. The summed E-state index contributed by atoms with van der Waals surface area (Å²) < 4.78 is 0. The van der Waals surface area contributed by atoms with Crippen LogP contribution in [0.15, 0.2) is 49.1 Å². The minimum absolute atomic E-state index is 0.204. The van der Waals surface area contributed by atoms with Crippen LogP contribution in [-0.4, -0.2) is 38.8 Å². The monoisotopic (exact) mass is 358 g/mol. The van der Waals surface area contributed by atoms with Gasteiger partial charge in [0.1, 0.15) is 0 Å². The molecule has 1 aromatic carbocycles. The molecule has 0 aliphatic heterocycles. The molecule has 9 heteroatoms. The third kappa shape index (κ3) is 4.24. The Balaban J connectivity index is 1.73. The number of hydrogen-bond donors (Lipinski definition) is 4. The summed E-state index contributed by atoms with van der Waals surface area (Å²) in [7, 11) is 0. The van der Waals surface area contributed by atoms with Gasteiger partial charge in [0.15, 0.2) is 0 Å². The van der Waals surface area contributed by atoms with Crippen molar-refractivity contribution in [1.29, 1.82) is 0 Å². The maximum absolute atomic E-state index is 12.3. The fourth-order valence-corrected chi connectivity index (χ4v) is 2.36. The molecule has 8 nitrogen and oxygen atoms in total. The van der Waals surface area contributed by atoms with Gasteiger partial charge in [0.2, 0.25) is 0 Å². The van der Waals surface area contributed by atoms with Crippen LogP contribution in [0.25, 0.3) is 0 Å². The normalized spacial score (nSPS) is 11.7. The van der Waals surface area contributed by atoms with Gasteiger partial charge in [-0.25, -0.2) is 0 Å². The van der Waals surface area contributed by atoms with Gasteiger partial charge in [0.25, 0.3) is 11.8 Å². The lowest BCUT2D eigenvalue weighted by molar-refractivity contribution is 0.0908. The Hall–Kier alpha value is -3.13. The number of nitrogens with one attached hydrogen (secondary N) is 4. The van der Waals surface area contributed by atoms with Gasteiger partial charge in [-0.3, -0.25) is 19.8 Å². The van der Waals surface area contributed by atoms with Crippen LogP contribution in [0.2, 0.25) is 5.02 Å². The molecule has 2 heterocycles. The summed E-state index contributed by atoms with van der Waals surface area (Å²) >= 11 is 5.92. The first-order valence-electron chi connectivity index (χ1n) is 7.45. The van der Waals surface area contributed by atoms with Gasteiger partial charge in [-0.05, 0) is 17.7 Å². The van der Waals surface area contributed by atoms with Gasteiger partial charge in [0.05, 0.1) is 29.6 Å². The van der Waals surface area contributed by atoms with E-state index in [4.69, 9.17) is 11.6 Å². The second kappa shape index (κ2) is 7.63. The smallest absolute Gasteiger partial charge is 0.255 e. The zero-order valence-corrected chi connectivity index (χ0v) is 13.7. The molecule has 0 spiro atoms. The summed E-state index contributed by atoms with van der Waals surface area (Å²) in [5, 5.41) is 18.9. The lowest BCUT2D eigenvalue weighted by Crippen LogP contribution is -2.37. The quantitative estimate of drug-likeness (QED) is 0.536. The molecule has 0 aliphatic carbocycles. The van der Waals surface area contributed by atoms with Crippen molar-refractivity contribution >= 4 is 23.4 Å². The van der Waals surface area contributed by atoms with Crippen LogP contribution < -0.4 is 10.6 Å². The predicted octanol–water partition coefficient (Wildman–Crippen LogP) is 1.69. The number of amides is 2. The Labute approximate surface area is 148 Å². The van der Waals surface area contributed by atoms with Crippen LogP contribution in [0.3, 0.4) is 0 Å². The highest BCUT2D eigenvalue weighted by atomic mass is 35.5. The van der Waals surface area contributed by atoms with Gasteiger partial charge in [0, 0.05) is 24.0 Å². The van der Waals surface area contributed by atoms with Gasteiger partial charge in [-0.15, -0.1) is 0 Å². The minimum Gasteiger partial charge on any atom is -0.350 e. The van der Waals surface area contributed by atoms with Crippen LogP contribution in [-0.2, 0) is 0 Å². The molecular weight excluding hydrogens is 344 g/mol. The molecule has 128 valence electrons. The third-order valence-corrected chi connectivity index (χ3v) is 3.82. The highest BCUT2D eigenvalue weighted by Gasteiger charge is 2.18. The van der Waals surface area contributed by atoms with Crippen LogP contribution in [0.4, 0.5) is 0 Å². The van der Waals surface area contributed by atoms with Crippen molar-refractivity contribution in [3.05, 3.63) is 70.8 Å². The second-order valence-electron chi connectivity index (χ2n) is 5.26. The molecule has 0 aliphatic rings. The van der Waals surface area contributed by atoms with E-state index < -0.39 is 6.04 Å². The van der Waals surface area contributed by atoms with E-state index in [0.717, 1.165) is 5.56 Å². The van der Waals surface area contributed by atoms with E-state index in [0.29, 0.717) is 16.1 Å². The molecule has 0 fully saturated rings. The largest absolute Gasteiger partial charge is 0.350 e. The van der Waals surface area contributed by atoms with Crippen molar-refractivity contribution in [2.45, 2.75) is 6.04 Å². The standard InChI is InChI=1S/C16H15ClN6O2/c17-13-3-1-10(2-4-13)14(23-16(25)12-7-21-22-8-12)9-18-15(24)11-5-19-20-6-11/h1-8,14H,9H2,(H,18,24)(H,19,20)(H,21,22)(H,23,25). The summed E-state index contributed by atoms with van der Waals surface area (Å²) in [6.45, 7) is 0.204. The average Bonchev–Trinajstić information content (AvgIpc) is 3.32. The topological polar surface area (TPSA) is 116 Å². The summed E-state index contributed by atoms with van der Waals surface area (Å²) in [6.07, 6.45) is 5.85. The Kier molecular flexibility index (Phi) is 5.10. The van der Waals surface area contributed by atoms with E-state index in [1.165, 1.54) is 24.8 Å². The molecular formula is C16H15ClN6O2. The summed E-state index contributed by atoms with van der Waals surface area (Å²) in [6, 6.07) is 6.62. The summed E-state index contributed by atoms with van der Waals surface area (Å²) in [5.41, 5.74) is 1.63. The molecule has 1 atom stereocenters. The molecule has 0 radical (unpaired) electrons. The molecule has 25 heavy (non-hydrogen) atoms. The molecule has 0 saturated carbocycles. The SMILES string of the molecule is O=C(NCC(NC(=O)c1cn[nH]c1)c1ccc(Cl)cc1)c1cn[nH]c1. The molecule has 4 N–H and O–H groups in total. The van der Waals surface area contributed by atoms with Crippen molar-refractivity contribution in [3.63, 3.8) is 0 Å². The van der Waals surface area contributed by atoms with Gasteiger partial charge >= 0.3 is 0 Å². The van der Waals surface area contributed by atoms with Crippen molar-refractivity contribution in [3.8, 4) is 0 Å². The average molecular weight is 359 g/mol. The third-order valence-electron chi connectivity index (χ3n) is 3.57.